The lowest BCUT2D eigenvalue weighted by Gasteiger charge is -2.29. The number of ether oxygens (including phenoxy) is 2. The number of hydrogen-bond donors (Lipinski definition) is 0. The van der Waals surface area contributed by atoms with Gasteiger partial charge in [-0.1, -0.05) is 30.3 Å². The minimum atomic E-state index is -0.656. The molecule has 0 radical (unpaired) electrons. The molecule has 0 spiro atoms. The minimum Gasteiger partial charge on any atom is -0.497 e. The van der Waals surface area contributed by atoms with Gasteiger partial charge in [-0.2, -0.15) is 5.10 Å². The molecule has 0 N–H and O–H groups in total. The van der Waals surface area contributed by atoms with Crippen LogP contribution in [0.15, 0.2) is 83.5 Å². The maximum atomic E-state index is 13.7. The van der Waals surface area contributed by atoms with Crippen LogP contribution >= 0.6 is 0 Å². The summed E-state index contributed by atoms with van der Waals surface area (Å²) in [5.41, 5.74) is 3.56. The Morgan fingerprint density at radius 2 is 1.74 bits per heavy atom. The first kappa shape index (κ1) is 25.3. The molecule has 0 saturated heterocycles. The lowest BCUT2D eigenvalue weighted by atomic mass is 9.77. The Morgan fingerprint density at radius 3 is 2.45 bits per heavy atom. The molecule has 1 amide bonds. The summed E-state index contributed by atoms with van der Waals surface area (Å²) in [6.45, 7) is -0.506. The number of amides is 1. The number of benzene rings is 3. The molecule has 8 heteroatoms. The summed E-state index contributed by atoms with van der Waals surface area (Å²) in [7, 11) is 1.49. The van der Waals surface area contributed by atoms with Crippen molar-refractivity contribution in [3.05, 3.63) is 107 Å². The van der Waals surface area contributed by atoms with Crippen LogP contribution in [0.3, 0.4) is 0 Å². The summed E-state index contributed by atoms with van der Waals surface area (Å²) in [4.78, 5) is 26.0. The van der Waals surface area contributed by atoms with E-state index in [-0.39, 0.29) is 23.1 Å². The number of methoxy groups -OCH3 is 1. The first-order valence-corrected chi connectivity index (χ1v) is 12.4. The van der Waals surface area contributed by atoms with Crippen molar-refractivity contribution in [2.45, 2.75) is 25.3 Å². The van der Waals surface area contributed by atoms with E-state index in [1.54, 1.807) is 42.5 Å². The van der Waals surface area contributed by atoms with Gasteiger partial charge in [0.15, 0.2) is 6.61 Å². The number of carbonyl (C=O) groups excluding carboxylic acids is 2. The molecule has 2 aliphatic rings. The Bertz CT molecular complexity index is 1400. The van der Waals surface area contributed by atoms with Crippen LogP contribution in [-0.2, 0) is 9.53 Å². The summed E-state index contributed by atoms with van der Waals surface area (Å²) in [5, 5.41) is 6.07. The first-order chi connectivity index (χ1) is 18.4. The molecule has 194 valence electrons. The van der Waals surface area contributed by atoms with Crippen LogP contribution in [0.5, 0.6) is 5.75 Å². The molecule has 1 aliphatic heterocycles. The van der Waals surface area contributed by atoms with E-state index in [1.165, 1.54) is 42.5 Å². The number of fused-ring (bicyclic) bond motifs is 1. The lowest BCUT2D eigenvalue weighted by Crippen LogP contribution is -2.34. The second-order valence-electron chi connectivity index (χ2n) is 9.25. The van der Waals surface area contributed by atoms with Gasteiger partial charge in [0, 0.05) is 5.92 Å². The zero-order valence-electron chi connectivity index (χ0n) is 20.8. The average molecular weight is 517 g/mol. The highest BCUT2D eigenvalue weighted by atomic mass is 19.1. The van der Waals surface area contributed by atoms with Gasteiger partial charge in [0.2, 0.25) is 0 Å². The molecule has 1 saturated carbocycles. The molecular formula is C30H26F2N2O4. The normalized spacial score (nSPS) is 19.6. The van der Waals surface area contributed by atoms with Crippen molar-refractivity contribution in [2.75, 3.05) is 13.7 Å². The average Bonchev–Trinajstić information content (AvgIpc) is 3.34. The molecule has 1 heterocycles. The van der Waals surface area contributed by atoms with E-state index in [0.717, 1.165) is 41.7 Å². The fourth-order valence-corrected chi connectivity index (χ4v) is 4.99. The molecule has 38 heavy (non-hydrogen) atoms. The number of carbonyl (C=O) groups is 2. The molecule has 0 bridgehead atoms. The fraction of sp³-hybridized carbons (Fsp3) is 0.233. The van der Waals surface area contributed by atoms with Gasteiger partial charge in [-0.15, -0.1) is 0 Å². The minimum absolute atomic E-state index is 0.112. The number of rotatable bonds is 6. The van der Waals surface area contributed by atoms with Gasteiger partial charge in [-0.25, -0.2) is 18.6 Å². The second-order valence-corrected chi connectivity index (χ2v) is 9.25. The highest BCUT2D eigenvalue weighted by Crippen LogP contribution is 2.44. The van der Waals surface area contributed by atoms with Crippen molar-refractivity contribution < 1.29 is 27.8 Å². The van der Waals surface area contributed by atoms with Crippen LogP contribution < -0.4 is 4.74 Å². The highest BCUT2D eigenvalue weighted by Gasteiger charge is 2.43. The van der Waals surface area contributed by atoms with E-state index in [4.69, 9.17) is 14.6 Å². The number of hydrazone groups is 1. The van der Waals surface area contributed by atoms with E-state index in [2.05, 4.69) is 0 Å². The van der Waals surface area contributed by atoms with Gasteiger partial charge in [-0.3, -0.25) is 4.79 Å². The highest BCUT2D eigenvalue weighted by molar-refractivity contribution is 6.08. The third kappa shape index (κ3) is 5.34. The predicted octanol–water partition coefficient (Wildman–Crippen LogP) is 5.95. The van der Waals surface area contributed by atoms with Gasteiger partial charge in [-0.05, 0) is 84.5 Å². The predicted molar refractivity (Wildman–Crippen MR) is 138 cm³/mol. The maximum Gasteiger partial charge on any atom is 0.338 e. The van der Waals surface area contributed by atoms with Gasteiger partial charge < -0.3 is 9.47 Å². The summed E-state index contributed by atoms with van der Waals surface area (Å²) in [6, 6.07) is 18.2. The van der Waals surface area contributed by atoms with Gasteiger partial charge in [0.25, 0.3) is 5.91 Å². The molecular weight excluding hydrogens is 490 g/mol. The van der Waals surface area contributed by atoms with Crippen molar-refractivity contribution >= 4 is 23.7 Å². The molecule has 1 fully saturated rings. The van der Waals surface area contributed by atoms with Crippen molar-refractivity contribution in [1.29, 1.82) is 0 Å². The summed E-state index contributed by atoms with van der Waals surface area (Å²) >= 11 is 0. The lowest BCUT2D eigenvalue weighted by molar-refractivity contribution is -0.137. The van der Waals surface area contributed by atoms with Gasteiger partial charge >= 0.3 is 5.97 Å². The van der Waals surface area contributed by atoms with Crippen LogP contribution in [-0.4, -0.2) is 36.3 Å². The molecule has 6 nitrogen and oxygen atoms in total. The Kier molecular flexibility index (Phi) is 7.31. The first-order valence-electron chi connectivity index (χ1n) is 12.4. The number of esters is 1. The molecule has 1 aliphatic carbocycles. The Morgan fingerprint density at radius 1 is 1.03 bits per heavy atom. The zero-order valence-corrected chi connectivity index (χ0v) is 20.8. The molecule has 2 unspecified atom stereocenters. The SMILES string of the molecule is COc1cccc(C(=O)OCC(=O)N2N=C3C(=Cc4ccc(F)cc4)CCCC3C2c2ccc(F)cc2)c1. The van der Waals surface area contributed by atoms with E-state index >= 15 is 0 Å². The van der Waals surface area contributed by atoms with Crippen LogP contribution in [0.2, 0.25) is 0 Å². The number of hydrogen-bond acceptors (Lipinski definition) is 5. The standard InChI is InChI=1S/C30H26F2N2O4/c1-37-25-6-2-5-22(17-25)30(36)38-18-27(35)34-29(20-10-14-24(32)15-11-20)26-7-3-4-21(28(26)33-34)16-19-8-12-23(31)13-9-19/h2,5-6,8-17,26,29H,3-4,7,18H2,1H3. The van der Waals surface area contributed by atoms with E-state index < -0.39 is 24.5 Å². The van der Waals surface area contributed by atoms with E-state index in [9.17, 15) is 18.4 Å². The zero-order chi connectivity index (χ0) is 26.6. The van der Waals surface area contributed by atoms with Crippen LogP contribution in [0, 0.1) is 17.6 Å². The van der Waals surface area contributed by atoms with Crippen molar-refractivity contribution in [3.8, 4) is 5.75 Å². The molecule has 5 rings (SSSR count). The Labute approximate surface area is 219 Å². The van der Waals surface area contributed by atoms with Crippen LogP contribution in [0.4, 0.5) is 8.78 Å². The van der Waals surface area contributed by atoms with E-state index in [1.807, 2.05) is 6.08 Å². The molecule has 0 aromatic heterocycles. The Balaban J connectivity index is 1.42. The fourth-order valence-electron chi connectivity index (χ4n) is 4.99. The van der Waals surface area contributed by atoms with Gasteiger partial charge in [0.1, 0.15) is 17.4 Å². The molecule has 3 aromatic rings. The van der Waals surface area contributed by atoms with Crippen molar-refractivity contribution in [1.82, 2.24) is 5.01 Å². The van der Waals surface area contributed by atoms with Gasteiger partial charge in [0.05, 0.1) is 24.4 Å². The van der Waals surface area contributed by atoms with Crippen LogP contribution in [0.25, 0.3) is 6.08 Å². The third-order valence-corrected chi connectivity index (χ3v) is 6.81. The Hall–Kier alpha value is -4.33. The van der Waals surface area contributed by atoms with Crippen LogP contribution in [0.1, 0.15) is 46.8 Å². The van der Waals surface area contributed by atoms with E-state index in [0.29, 0.717) is 5.75 Å². The topological polar surface area (TPSA) is 68.2 Å². The largest absolute Gasteiger partial charge is 0.497 e. The number of allylic oxidation sites excluding steroid dienone is 1. The quantitative estimate of drug-likeness (QED) is 0.380. The third-order valence-electron chi connectivity index (χ3n) is 6.81. The summed E-state index contributed by atoms with van der Waals surface area (Å²) < 4.78 is 37.6. The number of halogens is 2. The molecule has 3 aromatic carbocycles. The maximum absolute atomic E-state index is 13.7. The summed E-state index contributed by atoms with van der Waals surface area (Å²) in [5.74, 6) is -1.45. The molecule has 2 atom stereocenters. The van der Waals surface area contributed by atoms with Crippen molar-refractivity contribution in [3.63, 3.8) is 0 Å². The summed E-state index contributed by atoms with van der Waals surface area (Å²) in [6.07, 6.45) is 4.38. The smallest absolute Gasteiger partial charge is 0.338 e. The monoisotopic (exact) mass is 516 g/mol. The second kappa shape index (κ2) is 11.0. The van der Waals surface area contributed by atoms with Crippen molar-refractivity contribution in [2.24, 2.45) is 11.0 Å². The number of nitrogens with zero attached hydrogens (tertiary/aromatic N) is 2.